The van der Waals surface area contributed by atoms with Gasteiger partial charge in [-0.25, -0.2) is 0 Å². The first kappa shape index (κ1) is 19.4. The van der Waals surface area contributed by atoms with Crippen molar-refractivity contribution in [3.63, 3.8) is 0 Å². The molecule has 0 spiro atoms. The lowest BCUT2D eigenvalue weighted by atomic mass is 9.90. The summed E-state index contributed by atoms with van der Waals surface area (Å²) >= 11 is 0. The minimum absolute atomic E-state index is 0.290. The van der Waals surface area contributed by atoms with Gasteiger partial charge in [0.2, 0.25) is 11.9 Å². The van der Waals surface area contributed by atoms with Crippen LogP contribution in [0.3, 0.4) is 0 Å². The van der Waals surface area contributed by atoms with Gasteiger partial charge in [-0.1, -0.05) is 12.1 Å². The highest BCUT2D eigenvalue weighted by Gasteiger charge is 2.20. The number of nitrogens with two attached hydrogens (primary N) is 1. The predicted molar refractivity (Wildman–Crippen MR) is 108 cm³/mol. The minimum atomic E-state index is 0.290. The van der Waals surface area contributed by atoms with Gasteiger partial charge in [0.05, 0.1) is 13.7 Å². The number of hydrogen-bond donors (Lipinski definition) is 1. The second-order valence-corrected chi connectivity index (χ2v) is 7.41. The van der Waals surface area contributed by atoms with Crippen LogP contribution >= 0.6 is 0 Å². The maximum Gasteiger partial charge on any atom is 0.229 e. The number of anilines is 2. The van der Waals surface area contributed by atoms with E-state index < -0.39 is 0 Å². The number of rotatable bonds is 7. The maximum absolute atomic E-state index is 5.82. The van der Waals surface area contributed by atoms with E-state index in [1.54, 1.807) is 7.11 Å². The molecule has 27 heavy (non-hydrogen) atoms. The normalized spacial score (nSPS) is 15.7. The molecule has 2 N–H and O–H groups in total. The fraction of sp³-hybridized carbons (Fsp3) is 0.550. The number of hydrogen-bond acceptors (Lipinski definition) is 7. The first-order valence-electron chi connectivity index (χ1n) is 9.56. The average Bonchev–Trinajstić information content (AvgIpc) is 2.67. The van der Waals surface area contributed by atoms with Crippen LogP contribution in [-0.4, -0.2) is 54.1 Å². The molecule has 0 aliphatic carbocycles. The SMILES string of the molecule is COc1ccc(CCC2CCN(Cc3nc(N)nc(N(C)C)n3)CC2)cc1. The molecule has 1 aromatic carbocycles. The summed E-state index contributed by atoms with van der Waals surface area (Å²) in [6.45, 7) is 2.89. The van der Waals surface area contributed by atoms with Crippen molar-refractivity contribution in [1.82, 2.24) is 19.9 Å². The Morgan fingerprint density at radius 1 is 1.11 bits per heavy atom. The Bertz CT molecular complexity index is 726. The molecule has 0 bridgehead atoms. The Balaban J connectivity index is 1.46. The molecule has 2 aromatic rings. The molecule has 7 nitrogen and oxygen atoms in total. The molecule has 0 amide bonds. The summed E-state index contributed by atoms with van der Waals surface area (Å²) in [5.41, 5.74) is 7.21. The zero-order chi connectivity index (χ0) is 19.2. The number of ether oxygens (including phenoxy) is 1. The van der Waals surface area contributed by atoms with Gasteiger partial charge in [-0.05, 0) is 62.4 Å². The van der Waals surface area contributed by atoms with E-state index in [-0.39, 0.29) is 5.95 Å². The lowest BCUT2D eigenvalue weighted by Gasteiger charge is -2.31. The molecule has 0 unspecified atom stereocenters. The van der Waals surface area contributed by atoms with Gasteiger partial charge < -0.3 is 15.4 Å². The van der Waals surface area contributed by atoms with Crippen molar-refractivity contribution < 1.29 is 4.74 Å². The highest BCUT2D eigenvalue weighted by atomic mass is 16.5. The molecule has 1 aliphatic heterocycles. The van der Waals surface area contributed by atoms with Gasteiger partial charge in [0.15, 0.2) is 0 Å². The predicted octanol–water partition coefficient (Wildman–Crippen LogP) is 2.37. The van der Waals surface area contributed by atoms with E-state index in [2.05, 4.69) is 32.0 Å². The molecule has 1 aliphatic rings. The van der Waals surface area contributed by atoms with Crippen LogP contribution in [0.2, 0.25) is 0 Å². The highest BCUT2D eigenvalue weighted by molar-refractivity contribution is 5.32. The number of piperidine rings is 1. The lowest BCUT2D eigenvalue weighted by Crippen LogP contribution is -2.34. The number of nitrogens with zero attached hydrogens (tertiary/aromatic N) is 5. The molecule has 1 aromatic heterocycles. The van der Waals surface area contributed by atoms with E-state index in [4.69, 9.17) is 10.5 Å². The summed E-state index contributed by atoms with van der Waals surface area (Å²) in [5, 5.41) is 0. The molecule has 0 radical (unpaired) electrons. The second kappa shape index (κ2) is 8.99. The Morgan fingerprint density at radius 2 is 1.81 bits per heavy atom. The Morgan fingerprint density at radius 3 is 2.44 bits per heavy atom. The summed E-state index contributed by atoms with van der Waals surface area (Å²) in [4.78, 5) is 17.2. The van der Waals surface area contributed by atoms with E-state index in [1.807, 2.05) is 31.1 Å². The van der Waals surface area contributed by atoms with Gasteiger partial charge in [-0.15, -0.1) is 0 Å². The Labute approximate surface area is 161 Å². The largest absolute Gasteiger partial charge is 0.497 e. The van der Waals surface area contributed by atoms with E-state index in [1.165, 1.54) is 24.8 Å². The Hall–Kier alpha value is -2.41. The third kappa shape index (κ3) is 5.53. The van der Waals surface area contributed by atoms with Crippen LogP contribution in [0.4, 0.5) is 11.9 Å². The van der Waals surface area contributed by atoms with Crippen LogP contribution in [0.5, 0.6) is 5.75 Å². The topological polar surface area (TPSA) is 80.4 Å². The lowest BCUT2D eigenvalue weighted by molar-refractivity contribution is 0.169. The number of methoxy groups -OCH3 is 1. The van der Waals surface area contributed by atoms with Gasteiger partial charge >= 0.3 is 0 Å². The number of likely N-dealkylation sites (tertiary alicyclic amines) is 1. The van der Waals surface area contributed by atoms with Gasteiger partial charge in [0, 0.05) is 14.1 Å². The van der Waals surface area contributed by atoms with E-state index >= 15 is 0 Å². The highest BCUT2D eigenvalue weighted by Crippen LogP contribution is 2.24. The first-order valence-corrected chi connectivity index (χ1v) is 9.56. The monoisotopic (exact) mass is 370 g/mol. The smallest absolute Gasteiger partial charge is 0.229 e. The van der Waals surface area contributed by atoms with Crippen LogP contribution in [0, 0.1) is 5.92 Å². The van der Waals surface area contributed by atoms with Crippen LogP contribution in [0.15, 0.2) is 24.3 Å². The molecule has 7 heteroatoms. The van der Waals surface area contributed by atoms with E-state index in [0.717, 1.165) is 43.5 Å². The maximum atomic E-state index is 5.82. The van der Waals surface area contributed by atoms with Gasteiger partial charge in [-0.2, -0.15) is 15.0 Å². The third-order valence-electron chi connectivity index (χ3n) is 5.16. The van der Waals surface area contributed by atoms with Crippen LogP contribution in [-0.2, 0) is 13.0 Å². The molecule has 146 valence electrons. The van der Waals surface area contributed by atoms with Crippen molar-refractivity contribution in [3.8, 4) is 5.75 Å². The van der Waals surface area contributed by atoms with Crippen molar-refractivity contribution in [2.45, 2.75) is 32.2 Å². The quantitative estimate of drug-likeness (QED) is 0.801. The van der Waals surface area contributed by atoms with Crippen LogP contribution in [0.25, 0.3) is 0 Å². The summed E-state index contributed by atoms with van der Waals surface area (Å²) in [5.74, 6) is 3.36. The molecule has 2 heterocycles. The van der Waals surface area contributed by atoms with Crippen molar-refractivity contribution in [3.05, 3.63) is 35.7 Å². The van der Waals surface area contributed by atoms with Crippen molar-refractivity contribution in [2.24, 2.45) is 5.92 Å². The average molecular weight is 371 g/mol. The number of aromatic nitrogens is 3. The molecular weight excluding hydrogens is 340 g/mol. The molecular formula is C20H30N6O. The third-order valence-corrected chi connectivity index (χ3v) is 5.16. The Kier molecular flexibility index (Phi) is 6.45. The number of benzene rings is 1. The standard InChI is InChI=1S/C20H30N6O/c1-25(2)20-23-18(22-19(21)24-20)14-26-12-10-16(11-13-26)5-4-15-6-8-17(27-3)9-7-15/h6-9,16H,4-5,10-14H2,1-3H3,(H2,21,22,23,24). The zero-order valence-corrected chi connectivity index (χ0v) is 16.6. The van der Waals surface area contributed by atoms with Crippen LogP contribution < -0.4 is 15.4 Å². The van der Waals surface area contributed by atoms with E-state index in [0.29, 0.717) is 5.95 Å². The molecule has 3 rings (SSSR count). The molecule has 1 fully saturated rings. The summed E-state index contributed by atoms with van der Waals surface area (Å²) in [6.07, 6.45) is 4.81. The minimum Gasteiger partial charge on any atom is -0.497 e. The summed E-state index contributed by atoms with van der Waals surface area (Å²) < 4.78 is 5.22. The van der Waals surface area contributed by atoms with Gasteiger partial charge in [-0.3, -0.25) is 4.90 Å². The number of aryl methyl sites for hydroxylation is 1. The molecule has 1 saturated heterocycles. The van der Waals surface area contributed by atoms with Crippen LogP contribution in [0.1, 0.15) is 30.7 Å². The fourth-order valence-corrected chi connectivity index (χ4v) is 3.49. The summed E-state index contributed by atoms with van der Waals surface area (Å²) in [6, 6.07) is 8.42. The van der Waals surface area contributed by atoms with Crippen molar-refractivity contribution >= 4 is 11.9 Å². The molecule has 0 saturated carbocycles. The van der Waals surface area contributed by atoms with Gasteiger partial charge in [0.25, 0.3) is 0 Å². The molecule has 0 atom stereocenters. The fourth-order valence-electron chi connectivity index (χ4n) is 3.49. The number of nitrogen functional groups attached to an aromatic ring is 1. The van der Waals surface area contributed by atoms with Gasteiger partial charge in [0.1, 0.15) is 11.6 Å². The first-order chi connectivity index (χ1) is 13.0. The second-order valence-electron chi connectivity index (χ2n) is 7.41. The summed E-state index contributed by atoms with van der Waals surface area (Å²) in [7, 11) is 5.52. The van der Waals surface area contributed by atoms with Crippen molar-refractivity contribution in [2.75, 3.05) is 44.9 Å². The zero-order valence-electron chi connectivity index (χ0n) is 16.6. The van der Waals surface area contributed by atoms with Crippen molar-refractivity contribution in [1.29, 1.82) is 0 Å². The van der Waals surface area contributed by atoms with E-state index in [9.17, 15) is 0 Å².